The molecule has 72 heavy (non-hydrogen) atoms. The van der Waals surface area contributed by atoms with E-state index in [0.717, 1.165) is 12.8 Å². The molecule has 4 aliphatic carbocycles. The van der Waals surface area contributed by atoms with Crippen LogP contribution in [0.3, 0.4) is 0 Å². The molecule has 1 fully saturated rings. The molecule has 10 aromatic rings. The molecule has 0 N–H and O–H groups in total. The molecule has 0 aromatic heterocycles. The standard InChI is InChI=1S/C70H56N2/c1-69(2)62-29-17-28-60(51-20-9-4-10-21-51)66(62)61-43-42-59(46-63(61)69)72(57-26-13-6-14-27-57)65-31-16-23-53-45-55-39-38-54-44-52-22-15-30-64(67(52)70(54,55)68(53)65)71(56-24-11-5-12-25-56)58-40-36-50(37-41-58)49-34-32-48(33-35-49)47-18-7-3-8-19-47/h3-37,40-43,46,54-55H,38-39,44-45H2,1-2H3. The highest BCUT2D eigenvalue weighted by Gasteiger charge is 2.62. The first kappa shape index (κ1) is 42.7. The molecule has 1 spiro atoms. The van der Waals surface area contributed by atoms with Crippen LogP contribution in [0.25, 0.3) is 44.5 Å². The lowest BCUT2D eigenvalue weighted by Gasteiger charge is -2.40. The van der Waals surface area contributed by atoms with E-state index in [-0.39, 0.29) is 10.8 Å². The lowest BCUT2D eigenvalue weighted by Crippen LogP contribution is -2.34. The zero-order valence-electron chi connectivity index (χ0n) is 41.0. The Kier molecular flexibility index (Phi) is 9.90. The summed E-state index contributed by atoms with van der Waals surface area (Å²) in [5.74, 6) is 1.00. The average Bonchev–Trinajstić information content (AvgIpc) is 4.14. The van der Waals surface area contributed by atoms with Crippen LogP contribution < -0.4 is 9.80 Å². The van der Waals surface area contributed by atoms with Gasteiger partial charge in [-0.1, -0.05) is 196 Å². The Balaban J connectivity index is 0.920. The fourth-order valence-electron chi connectivity index (χ4n) is 14.1. The lowest BCUT2D eigenvalue weighted by atomic mass is 9.68. The second-order valence-electron chi connectivity index (χ2n) is 21.2. The molecule has 0 bridgehead atoms. The summed E-state index contributed by atoms with van der Waals surface area (Å²) in [6, 6.07) is 90.8. The van der Waals surface area contributed by atoms with Crippen LogP contribution in [0.5, 0.6) is 0 Å². The molecule has 0 amide bonds. The summed E-state index contributed by atoms with van der Waals surface area (Å²) < 4.78 is 0. The summed E-state index contributed by atoms with van der Waals surface area (Å²) in [4.78, 5) is 5.18. The predicted octanol–water partition coefficient (Wildman–Crippen LogP) is 18.4. The van der Waals surface area contributed by atoms with E-state index in [0.29, 0.717) is 11.8 Å². The topological polar surface area (TPSA) is 6.48 Å². The van der Waals surface area contributed by atoms with Gasteiger partial charge in [-0.15, -0.1) is 0 Å². The Morgan fingerprint density at radius 3 is 1.32 bits per heavy atom. The summed E-state index contributed by atoms with van der Waals surface area (Å²) in [6.45, 7) is 4.84. The molecule has 10 aromatic carbocycles. The number of benzene rings is 10. The summed E-state index contributed by atoms with van der Waals surface area (Å²) in [5, 5.41) is 0. The Bertz CT molecular complexity index is 3650. The Morgan fingerprint density at radius 2 is 0.778 bits per heavy atom. The third-order valence-corrected chi connectivity index (χ3v) is 17.2. The van der Waals surface area contributed by atoms with Crippen molar-refractivity contribution in [1.82, 2.24) is 0 Å². The van der Waals surface area contributed by atoms with E-state index in [1.165, 1.54) is 125 Å². The fraction of sp³-hybridized carbons (Fsp3) is 0.143. The van der Waals surface area contributed by atoms with Gasteiger partial charge in [0.2, 0.25) is 0 Å². The van der Waals surface area contributed by atoms with Gasteiger partial charge in [-0.3, -0.25) is 0 Å². The predicted molar refractivity (Wildman–Crippen MR) is 301 cm³/mol. The molecule has 1 saturated carbocycles. The SMILES string of the molecule is CC1(C)c2cc(N(c3ccccc3)c3cccc4c3C35c6c(cccc6N(c6ccccc6)c6ccc(-c7ccc(-c8ccccc8)cc7)cc6)CC3CCC5C4)ccc2-c2c(-c3ccccc3)cccc21. The highest BCUT2D eigenvalue weighted by atomic mass is 15.2. The van der Waals surface area contributed by atoms with Crippen molar-refractivity contribution in [2.75, 3.05) is 9.80 Å². The van der Waals surface area contributed by atoms with Crippen LogP contribution in [0.2, 0.25) is 0 Å². The number of hydrogen-bond acceptors (Lipinski definition) is 2. The Hall–Kier alpha value is -8.20. The van der Waals surface area contributed by atoms with Gasteiger partial charge in [0.15, 0.2) is 0 Å². The maximum absolute atomic E-state index is 2.61. The monoisotopic (exact) mass is 924 g/mol. The van der Waals surface area contributed by atoms with E-state index in [2.05, 4.69) is 266 Å². The van der Waals surface area contributed by atoms with Crippen LogP contribution >= 0.6 is 0 Å². The van der Waals surface area contributed by atoms with Crippen molar-refractivity contribution in [2.24, 2.45) is 11.8 Å². The largest absolute Gasteiger partial charge is 0.310 e. The number of hydrogen-bond donors (Lipinski definition) is 0. The van der Waals surface area contributed by atoms with Crippen molar-refractivity contribution in [3.8, 4) is 44.5 Å². The molecule has 2 nitrogen and oxygen atoms in total. The van der Waals surface area contributed by atoms with Gasteiger partial charge in [-0.25, -0.2) is 0 Å². The Morgan fingerprint density at radius 1 is 0.347 bits per heavy atom. The molecule has 4 aliphatic rings. The third kappa shape index (κ3) is 6.48. The molecule has 3 atom stereocenters. The first-order chi connectivity index (χ1) is 35.5. The molecule has 0 saturated heterocycles. The van der Waals surface area contributed by atoms with Gasteiger partial charge in [-0.2, -0.15) is 0 Å². The maximum atomic E-state index is 2.61. The molecule has 14 rings (SSSR count). The molecular weight excluding hydrogens is 869 g/mol. The van der Waals surface area contributed by atoms with Gasteiger partial charge in [0.1, 0.15) is 0 Å². The summed E-state index contributed by atoms with van der Waals surface area (Å²) in [5.41, 5.74) is 26.0. The first-order valence-corrected chi connectivity index (χ1v) is 26.0. The van der Waals surface area contributed by atoms with E-state index in [1.54, 1.807) is 0 Å². The quantitative estimate of drug-likeness (QED) is 0.142. The number of para-hydroxylation sites is 2. The smallest absolute Gasteiger partial charge is 0.0505 e. The van der Waals surface area contributed by atoms with E-state index in [1.807, 2.05) is 0 Å². The second kappa shape index (κ2) is 16.7. The van der Waals surface area contributed by atoms with Crippen molar-refractivity contribution < 1.29 is 0 Å². The van der Waals surface area contributed by atoms with Gasteiger partial charge in [-0.05, 0) is 176 Å². The zero-order chi connectivity index (χ0) is 48.0. The number of anilines is 6. The van der Waals surface area contributed by atoms with Gasteiger partial charge >= 0.3 is 0 Å². The molecule has 2 heteroatoms. The average molecular weight is 925 g/mol. The molecule has 0 heterocycles. The second-order valence-corrected chi connectivity index (χ2v) is 21.2. The number of fused-ring (bicyclic) bond motifs is 5. The van der Waals surface area contributed by atoms with Crippen LogP contribution in [0.1, 0.15) is 60.1 Å². The van der Waals surface area contributed by atoms with Crippen LogP contribution in [-0.4, -0.2) is 0 Å². The van der Waals surface area contributed by atoms with Crippen molar-refractivity contribution in [1.29, 1.82) is 0 Å². The van der Waals surface area contributed by atoms with Crippen molar-refractivity contribution >= 4 is 34.1 Å². The van der Waals surface area contributed by atoms with Gasteiger partial charge in [0, 0.05) is 33.6 Å². The van der Waals surface area contributed by atoms with Gasteiger partial charge in [0.05, 0.1) is 11.4 Å². The third-order valence-electron chi connectivity index (χ3n) is 17.2. The lowest BCUT2D eigenvalue weighted by molar-refractivity contribution is 0.350. The minimum atomic E-state index is -0.182. The van der Waals surface area contributed by atoms with Crippen molar-refractivity contribution in [3.63, 3.8) is 0 Å². The van der Waals surface area contributed by atoms with E-state index >= 15 is 0 Å². The van der Waals surface area contributed by atoms with Crippen molar-refractivity contribution in [3.05, 3.63) is 276 Å². The number of nitrogens with zero attached hydrogens (tertiary/aromatic N) is 2. The summed E-state index contributed by atoms with van der Waals surface area (Å²) in [7, 11) is 0. The maximum Gasteiger partial charge on any atom is 0.0505 e. The molecule has 0 radical (unpaired) electrons. The van der Waals surface area contributed by atoms with Gasteiger partial charge < -0.3 is 9.80 Å². The Labute approximate surface area is 424 Å². The molecule has 3 unspecified atom stereocenters. The van der Waals surface area contributed by atoms with E-state index in [9.17, 15) is 0 Å². The van der Waals surface area contributed by atoms with Crippen LogP contribution in [-0.2, 0) is 23.7 Å². The van der Waals surface area contributed by atoms with Crippen LogP contribution in [0, 0.1) is 11.8 Å². The van der Waals surface area contributed by atoms with Crippen LogP contribution in [0.4, 0.5) is 34.1 Å². The fourth-order valence-corrected chi connectivity index (χ4v) is 14.1. The molecule has 346 valence electrons. The molecular formula is C70H56N2. The van der Waals surface area contributed by atoms with E-state index in [4.69, 9.17) is 0 Å². The van der Waals surface area contributed by atoms with Crippen molar-refractivity contribution in [2.45, 2.75) is 50.4 Å². The van der Waals surface area contributed by atoms with E-state index < -0.39 is 0 Å². The minimum Gasteiger partial charge on any atom is -0.310 e. The zero-order valence-corrected chi connectivity index (χ0v) is 41.0. The van der Waals surface area contributed by atoms with Gasteiger partial charge in [0.25, 0.3) is 0 Å². The first-order valence-electron chi connectivity index (χ1n) is 26.0. The number of rotatable bonds is 9. The summed E-state index contributed by atoms with van der Waals surface area (Å²) in [6.07, 6.45) is 4.65. The highest BCUT2D eigenvalue weighted by Crippen LogP contribution is 2.69. The molecule has 0 aliphatic heterocycles. The normalized spacial score (nSPS) is 18.4. The minimum absolute atomic E-state index is 0.158. The highest BCUT2D eigenvalue weighted by molar-refractivity contribution is 5.95. The van der Waals surface area contributed by atoms with Crippen LogP contribution in [0.15, 0.2) is 243 Å². The summed E-state index contributed by atoms with van der Waals surface area (Å²) >= 11 is 0.